The molecular weight excluding hydrogens is 268 g/mol. The third-order valence-corrected chi connectivity index (χ3v) is 5.29. The molecule has 0 aliphatic heterocycles. The SMILES string of the molecule is CNC(C)(CC(C)Sc1ccc2c(c1)CCC2)C(N)=O. The second-order valence-electron chi connectivity index (χ2n) is 5.86. The molecule has 0 spiro atoms. The number of primary amides is 1. The van der Waals surface area contributed by atoms with E-state index in [0.29, 0.717) is 5.25 Å². The molecule has 1 aliphatic rings. The molecule has 2 unspecified atom stereocenters. The monoisotopic (exact) mass is 292 g/mol. The van der Waals surface area contributed by atoms with Crippen LogP contribution in [0.2, 0.25) is 0 Å². The zero-order valence-corrected chi connectivity index (χ0v) is 13.3. The molecule has 0 heterocycles. The largest absolute Gasteiger partial charge is 0.368 e. The van der Waals surface area contributed by atoms with Crippen LogP contribution in [0, 0.1) is 0 Å². The maximum atomic E-state index is 11.5. The highest BCUT2D eigenvalue weighted by atomic mass is 32.2. The zero-order valence-electron chi connectivity index (χ0n) is 12.5. The lowest BCUT2D eigenvalue weighted by Crippen LogP contribution is -2.52. The summed E-state index contributed by atoms with van der Waals surface area (Å²) >= 11 is 1.82. The summed E-state index contributed by atoms with van der Waals surface area (Å²) in [4.78, 5) is 12.8. The number of likely N-dealkylation sites (N-methyl/N-ethyl adjacent to an activating group) is 1. The first kappa shape index (κ1) is 15.4. The highest BCUT2D eigenvalue weighted by molar-refractivity contribution is 7.99. The van der Waals surface area contributed by atoms with Crippen molar-refractivity contribution in [1.82, 2.24) is 5.32 Å². The van der Waals surface area contributed by atoms with Gasteiger partial charge < -0.3 is 11.1 Å². The summed E-state index contributed by atoms with van der Waals surface area (Å²) in [5.41, 5.74) is 7.84. The molecule has 4 heteroatoms. The van der Waals surface area contributed by atoms with E-state index in [4.69, 9.17) is 5.73 Å². The smallest absolute Gasteiger partial charge is 0.237 e. The Morgan fingerprint density at radius 1 is 1.45 bits per heavy atom. The lowest BCUT2D eigenvalue weighted by Gasteiger charge is -2.28. The Kier molecular flexibility index (Phi) is 4.76. The Morgan fingerprint density at radius 3 is 2.80 bits per heavy atom. The van der Waals surface area contributed by atoms with Gasteiger partial charge in [-0.15, -0.1) is 11.8 Å². The highest BCUT2D eigenvalue weighted by Crippen LogP contribution is 2.32. The van der Waals surface area contributed by atoms with Gasteiger partial charge in [-0.1, -0.05) is 13.0 Å². The van der Waals surface area contributed by atoms with Crippen LogP contribution in [-0.2, 0) is 17.6 Å². The molecule has 110 valence electrons. The Labute approximate surface area is 125 Å². The highest BCUT2D eigenvalue weighted by Gasteiger charge is 2.31. The van der Waals surface area contributed by atoms with Gasteiger partial charge in [0.1, 0.15) is 0 Å². The number of fused-ring (bicyclic) bond motifs is 1. The van der Waals surface area contributed by atoms with E-state index in [1.165, 1.54) is 35.3 Å². The number of rotatable bonds is 6. The minimum absolute atomic E-state index is 0.290. The van der Waals surface area contributed by atoms with E-state index in [1.54, 1.807) is 7.05 Å². The Morgan fingerprint density at radius 2 is 2.15 bits per heavy atom. The van der Waals surface area contributed by atoms with Gasteiger partial charge in [-0.2, -0.15) is 0 Å². The molecule has 1 amide bonds. The number of carbonyl (C=O) groups excluding carboxylic acids is 1. The molecule has 0 bridgehead atoms. The second kappa shape index (κ2) is 6.19. The predicted octanol–water partition coefficient (Wildman–Crippen LogP) is 2.51. The van der Waals surface area contributed by atoms with E-state index in [9.17, 15) is 4.79 Å². The van der Waals surface area contributed by atoms with Crippen LogP contribution in [0.3, 0.4) is 0 Å². The molecule has 3 nitrogen and oxygen atoms in total. The van der Waals surface area contributed by atoms with Gasteiger partial charge in [-0.3, -0.25) is 4.79 Å². The van der Waals surface area contributed by atoms with Crippen LogP contribution in [0.25, 0.3) is 0 Å². The van der Waals surface area contributed by atoms with E-state index in [1.807, 2.05) is 18.7 Å². The molecule has 3 N–H and O–H groups in total. The van der Waals surface area contributed by atoms with Crippen LogP contribution in [0.15, 0.2) is 23.1 Å². The van der Waals surface area contributed by atoms with E-state index in [2.05, 4.69) is 30.4 Å². The average molecular weight is 292 g/mol. The van der Waals surface area contributed by atoms with Crippen molar-refractivity contribution >= 4 is 17.7 Å². The second-order valence-corrected chi connectivity index (χ2v) is 7.37. The van der Waals surface area contributed by atoms with Crippen molar-refractivity contribution in [3.8, 4) is 0 Å². The van der Waals surface area contributed by atoms with Crippen molar-refractivity contribution in [3.05, 3.63) is 29.3 Å². The molecule has 0 radical (unpaired) electrons. The van der Waals surface area contributed by atoms with Crippen LogP contribution in [0.5, 0.6) is 0 Å². The number of nitrogens with one attached hydrogen (secondary N) is 1. The van der Waals surface area contributed by atoms with Crippen molar-refractivity contribution < 1.29 is 4.79 Å². The fraction of sp³-hybridized carbons (Fsp3) is 0.562. The quantitative estimate of drug-likeness (QED) is 0.792. The van der Waals surface area contributed by atoms with Crippen molar-refractivity contribution in [2.24, 2.45) is 5.73 Å². The topological polar surface area (TPSA) is 55.1 Å². The van der Waals surface area contributed by atoms with Gasteiger partial charge in [-0.25, -0.2) is 0 Å². The summed E-state index contributed by atoms with van der Waals surface area (Å²) in [7, 11) is 1.79. The first-order valence-electron chi connectivity index (χ1n) is 7.22. The third kappa shape index (κ3) is 3.36. The first-order valence-corrected chi connectivity index (χ1v) is 8.10. The lowest BCUT2D eigenvalue weighted by molar-refractivity contribution is -0.123. The number of benzene rings is 1. The van der Waals surface area contributed by atoms with E-state index < -0.39 is 5.54 Å². The molecule has 2 rings (SSSR count). The maximum Gasteiger partial charge on any atom is 0.237 e. The number of thioether (sulfide) groups is 1. The van der Waals surface area contributed by atoms with Gasteiger partial charge >= 0.3 is 0 Å². The lowest BCUT2D eigenvalue weighted by atomic mass is 9.95. The number of amides is 1. The van der Waals surface area contributed by atoms with Crippen LogP contribution >= 0.6 is 11.8 Å². The molecule has 0 fully saturated rings. The Hall–Kier alpha value is -1.00. The van der Waals surface area contributed by atoms with Crippen molar-refractivity contribution in [2.75, 3.05) is 7.05 Å². The third-order valence-electron chi connectivity index (χ3n) is 4.20. The molecule has 0 saturated carbocycles. The summed E-state index contributed by atoms with van der Waals surface area (Å²) in [6, 6.07) is 6.76. The van der Waals surface area contributed by atoms with Crippen molar-refractivity contribution in [2.45, 2.75) is 55.2 Å². The van der Waals surface area contributed by atoms with E-state index in [0.717, 1.165) is 6.42 Å². The van der Waals surface area contributed by atoms with Gasteiger partial charge in [-0.05, 0) is 62.9 Å². The summed E-state index contributed by atoms with van der Waals surface area (Å²) in [6.45, 7) is 4.02. The van der Waals surface area contributed by atoms with Crippen molar-refractivity contribution in [1.29, 1.82) is 0 Å². The van der Waals surface area contributed by atoms with E-state index >= 15 is 0 Å². The predicted molar refractivity (Wildman–Crippen MR) is 85.1 cm³/mol. The van der Waals surface area contributed by atoms with Gasteiger partial charge in [0, 0.05) is 10.1 Å². The van der Waals surface area contributed by atoms with Gasteiger partial charge in [0.2, 0.25) is 5.91 Å². The number of hydrogen-bond acceptors (Lipinski definition) is 3. The fourth-order valence-electron chi connectivity index (χ4n) is 2.80. The molecule has 1 aromatic carbocycles. The Bertz CT molecular complexity index is 503. The van der Waals surface area contributed by atoms with Crippen LogP contribution < -0.4 is 11.1 Å². The van der Waals surface area contributed by atoms with Crippen LogP contribution in [0.4, 0.5) is 0 Å². The first-order chi connectivity index (χ1) is 9.44. The van der Waals surface area contributed by atoms with Gasteiger partial charge in [0.15, 0.2) is 0 Å². The molecular formula is C16H24N2OS. The molecule has 0 saturated heterocycles. The number of hydrogen-bond donors (Lipinski definition) is 2. The number of aryl methyl sites for hydroxylation is 2. The molecule has 2 atom stereocenters. The van der Waals surface area contributed by atoms with Crippen LogP contribution in [0.1, 0.15) is 37.8 Å². The summed E-state index contributed by atoms with van der Waals surface area (Å²) in [5.74, 6) is -0.290. The standard InChI is InChI=1S/C16H24N2OS/c1-11(10-16(2,18-3)15(17)19)20-14-8-7-12-5-4-6-13(12)9-14/h7-9,11,18H,4-6,10H2,1-3H3,(H2,17,19). The summed E-state index contributed by atoms with van der Waals surface area (Å²) in [6.07, 6.45) is 4.42. The minimum Gasteiger partial charge on any atom is -0.368 e. The summed E-state index contributed by atoms with van der Waals surface area (Å²) < 4.78 is 0. The van der Waals surface area contributed by atoms with Crippen LogP contribution in [-0.4, -0.2) is 23.7 Å². The Balaban J connectivity index is 2.01. The average Bonchev–Trinajstić information content (AvgIpc) is 2.85. The fourth-order valence-corrected chi connectivity index (χ4v) is 4.03. The molecule has 20 heavy (non-hydrogen) atoms. The molecule has 0 aromatic heterocycles. The summed E-state index contributed by atoms with van der Waals surface area (Å²) in [5, 5.41) is 3.38. The van der Waals surface area contributed by atoms with E-state index in [-0.39, 0.29) is 5.91 Å². The molecule has 1 aliphatic carbocycles. The maximum absolute atomic E-state index is 11.5. The van der Waals surface area contributed by atoms with Gasteiger partial charge in [0.05, 0.1) is 5.54 Å². The zero-order chi connectivity index (χ0) is 14.8. The van der Waals surface area contributed by atoms with Gasteiger partial charge in [0.25, 0.3) is 0 Å². The number of nitrogens with two attached hydrogens (primary N) is 1. The normalized spacial score (nSPS) is 18.4. The minimum atomic E-state index is -0.636. The molecule has 1 aromatic rings. The number of carbonyl (C=O) groups is 1. The van der Waals surface area contributed by atoms with Crippen molar-refractivity contribution in [3.63, 3.8) is 0 Å².